The molecular weight excluding hydrogens is 477 g/mol. The molecular formula is C21H31Cl2N3O5S. The highest BCUT2D eigenvalue weighted by molar-refractivity contribution is 7.98. The summed E-state index contributed by atoms with van der Waals surface area (Å²) in [6.45, 7) is 5.29. The molecule has 0 aromatic heterocycles. The van der Waals surface area contributed by atoms with Crippen LogP contribution in [-0.4, -0.2) is 58.2 Å². The molecule has 0 heterocycles. The van der Waals surface area contributed by atoms with Crippen molar-refractivity contribution in [3.05, 3.63) is 33.8 Å². The molecule has 0 saturated carbocycles. The maximum absolute atomic E-state index is 13.2. The Hall–Kier alpha value is -1.52. The van der Waals surface area contributed by atoms with E-state index in [1.165, 1.54) is 12.4 Å². The number of carbonyl (C=O) groups is 3. The maximum atomic E-state index is 13.2. The maximum Gasteiger partial charge on any atom is 0.253 e. The Bertz CT molecular complexity index is 812. The van der Waals surface area contributed by atoms with Crippen LogP contribution in [-0.2, 0) is 20.8 Å². The van der Waals surface area contributed by atoms with Gasteiger partial charge in [0.2, 0.25) is 11.8 Å². The normalized spacial score (nSPS) is 14.9. The van der Waals surface area contributed by atoms with Crippen LogP contribution in [0.2, 0.25) is 10.0 Å². The van der Waals surface area contributed by atoms with Crippen molar-refractivity contribution in [2.75, 3.05) is 18.6 Å². The van der Waals surface area contributed by atoms with Crippen LogP contribution in [0.3, 0.4) is 0 Å². The third kappa shape index (κ3) is 8.12. The van der Waals surface area contributed by atoms with E-state index in [2.05, 4.69) is 10.6 Å². The Morgan fingerprint density at radius 2 is 1.78 bits per heavy atom. The first-order valence-corrected chi connectivity index (χ1v) is 12.3. The fraction of sp³-hybridized carbons (Fsp3) is 0.571. The van der Waals surface area contributed by atoms with Gasteiger partial charge in [-0.1, -0.05) is 50.0 Å². The summed E-state index contributed by atoms with van der Waals surface area (Å²) >= 11 is 13.6. The summed E-state index contributed by atoms with van der Waals surface area (Å²) in [5.41, 5.74) is -0.0187. The van der Waals surface area contributed by atoms with Crippen LogP contribution in [0, 0.1) is 11.8 Å². The van der Waals surface area contributed by atoms with Gasteiger partial charge in [-0.15, -0.1) is 0 Å². The summed E-state index contributed by atoms with van der Waals surface area (Å²) in [6, 6.07) is 3.84. The zero-order valence-corrected chi connectivity index (χ0v) is 20.9. The van der Waals surface area contributed by atoms with Gasteiger partial charge < -0.3 is 15.7 Å². The number of hydrogen-bond acceptors (Lipinski definition) is 6. The summed E-state index contributed by atoms with van der Waals surface area (Å²) < 4.78 is 0. The fourth-order valence-corrected chi connectivity index (χ4v) is 3.82. The standard InChI is InChI=1S/C21H31Cl2N3O5S/c1-12(2)11-21(30,13(3)18(27)26-31)20(29)25-17(19(28)24-7-8-32-4)10-14-5-6-15(22)16(23)9-14/h5-6,9,12-13,17,30-31H,7-8,10-11H2,1-4H3,(H,24,28)(H,25,29)(H,26,27). The fourth-order valence-electron chi connectivity index (χ4n) is 3.20. The lowest BCUT2D eigenvalue weighted by atomic mass is 9.80. The molecule has 11 heteroatoms. The number of amides is 3. The second-order valence-electron chi connectivity index (χ2n) is 7.98. The molecule has 1 aromatic carbocycles. The van der Waals surface area contributed by atoms with Gasteiger partial charge in [0.15, 0.2) is 5.60 Å². The van der Waals surface area contributed by atoms with E-state index in [4.69, 9.17) is 28.4 Å². The highest BCUT2D eigenvalue weighted by Gasteiger charge is 2.46. The predicted octanol–water partition coefficient (Wildman–Crippen LogP) is 2.42. The molecule has 0 radical (unpaired) electrons. The molecule has 3 unspecified atom stereocenters. The van der Waals surface area contributed by atoms with Gasteiger partial charge in [0.1, 0.15) is 6.04 Å². The number of nitrogens with one attached hydrogen (secondary N) is 3. The van der Waals surface area contributed by atoms with Gasteiger partial charge in [-0.25, -0.2) is 5.48 Å². The van der Waals surface area contributed by atoms with E-state index in [-0.39, 0.29) is 18.8 Å². The molecule has 0 aliphatic rings. The molecule has 1 rings (SSSR count). The molecule has 0 saturated heterocycles. The molecule has 0 spiro atoms. The summed E-state index contributed by atoms with van der Waals surface area (Å²) in [4.78, 5) is 38.0. The molecule has 0 fully saturated rings. The van der Waals surface area contributed by atoms with E-state index >= 15 is 0 Å². The molecule has 1 aromatic rings. The van der Waals surface area contributed by atoms with E-state index < -0.39 is 35.3 Å². The predicted molar refractivity (Wildman–Crippen MR) is 127 cm³/mol. The second-order valence-corrected chi connectivity index (χ2v) is 9.78. The van der Waals surface area contributed by atoms with Gasteiger partial charge in [0.25, 0.3) is 5.91 Å². The van der Waals surface area contributed by atoms with Gasteiger partial charge in [0, 0.05) is 18.7 Å². The molecule has 3 amide bonds. The Labute approximate surface area is 202 Å². The molecule has 8 nitrogen and oxygen atoms in total. The average Bonchev–Trinajstić information content (AvgIpc) is 2.74. The molecule has 0 bridgehead atoms. The summed E-state index contributed by atoms with van der Waals surface area (Å²) in [6.07, 6.45) is 1.94. The van der Waals surface area contributed by atoms with Crippen molar-refractivity contribution in [3.8, 4) is 0 Å². The molecule has 5 N–H and O–H groups in total. The number of aliphatic hydroxyl groups is 1. The first kappa shape index (κ1) is 28.5. The minimum atomic E-state index is -2.14. The zero-order valence-electron chi connectivity index (χ0n) is 18.6. The summed E-state index contributed by atoms with van der Waals surface area (Å²) in [5.74, 6) is -2.96. The van der Waals surface area contributed by atoms with Gasteiger partial charge >= 0.3 is 0 Å². The Kier molecular flexibility index (Phi) is 11.8. The Morgan fingerprint density at radius 3 is 2.31 bits per heavy atom. The topological polar surface area (TPSA) is 128 Å². The minimum absolute atomic E-state index is 0.0546. The summed E-state index contributed by atoms with van der Waals surface area (Å²) in [7, 11) is 0. The van der Waals surface area contributed by atoms with Crippen molar-refractivity contribution in [1.82, 2.24) is 16.1 Å². The quantitative estimate of drug-likeness (QED) is 0.168. The first-order chi connectivity index (χ1) is 15.0. The monoisotopic (exact) mass is 507 g/mol. The van der Waals surface area contributed by atoms with Gasteiger partial charge in [-0.05, 0) is 36.3 Å². The van der Waals surface area contributed by atoms with Crippen LogP contribution < -0.4 is 16.1 Å². The Morgan fingerprint density at radius 1 is 1.12 bits per heavy atom. The van der Waals surface area contributed by atoms with Gasteiger partial charge in [-0.2, -0.15) is 11.8 Å². The van der Waals surface area contributed by atoms with Crippen molar-refractivity contribution in [2.24, 2.45) is 11.8 Å². The van der Waals surface area contributed by atoms with Crippen molar-refractivity contribution < 1.29 is 24.7 Å². The van der Waals surface area contributed by atoms with E-state index in [1.807, 2.05) is 6.26 Å². The number of hydroxylamine groups is 1. The number of halogens is 2. The smallest absolute Gasteiger partial charge is 0.253 e. The Balaban J connectivity index is 3.20. The highest BCUT2D eigenvalue weighted by atomic mass is 35.5. The number of rotatable bonds is 12. The number of hydrogen-bond donors (Lipinski definition) is 5. The van der Waals surface area contributed by atoms with Gasteiger partial charge in [-0.3, -0.25) is 19.6 Å². The van der Waals surface area contributed by atoms with E-state index in [9.17, 15) is 19.5 Å². The molecule has 32 heavy (non-hydrogen) atoms. The van der Waals surface area contributed by atoms with Crippen LogP contribution in [0.1, 0.15) is 32.8 Å². The second kappa shape index (κ2) is 13.3. The number of carbonyl (C=O) groups excluding carboxylic acids is 3. The molecule has 0 aliphatic heterocycles. The summed E-state index contributed by atoms with van der Waals surface area (Å²) in [5, 5.41) is 26.1. The van der Waals surface area contributed by atoms with Crippen molar-refractivity contribution in [1.29, 1.82) is 0 Å². The average molecular weight is 508 g/mol. The number of thioether (sulfide) groups is 1. The third-order valence-corrected chi connectivity index (χ3v) is 6.33. The van der Waals surface area contributed by atoms with Crippen LogP contribution in [0.5, 0.6) is 0 Å². The molecule has 3 atom stereocenters. The lowest BCUT2D eigenvalue weighted by Gasteiger charge is -2.34. The van der Waals surface area contributed by atoms with Crippen LogP contribution in [0.4, 0.5) is 0 Å². The van der Waals surface area contributed by atoms with E-state index in [1.54, 1.807) is 43.8 Å². The van der Waals surface area contributed by atoms with E-state index in [0.29, 0.717) is 27.9 Å². The first-order valence-electron chi connectivity index (χ1n) is 10.1. The lowest BCUT2D eigenvalue weighted by molar-refractivity contribution is -0.159. The van der Waals surface area contributed by atoms with Crippen molar-refractivity contribution in [2.45, 2.75) is 45.3 Å². The molecule has 0 aliphatic carbocycles. The van der Waals surface area contributed by atoms with Crippen LogP contribution in [0.15, 0.2) is 18.2 Å². The van der Waals surface area contributed by atoms with E-state index in [0.717, 1.165) is 0 Å². The van der Waals surface area contributed by atoms with Crippen LogP contribution >= 0.6 is 35.0 Å². The van der Waals surface area contributed by atoms with Crippen molar-refractivity contribution >= 4 is 52.7 Å². The minimum Gasteiger partial charge on any atom is -0.379 e. The number of benzene rings is 1. The SMILES string of the molecule is CSCCNC(=O)C(Cc1ccc(Cl)c(Cl)c1)NC(=O)C(O)(CC(C)C)C(C)C(=O)NO. The van der Waals surface area contributed by atoms with Crippen molar-refractivity contribution in [3.63, 3.8) is 0 Å². The highest BCUT2D eigenvalue weighted by Crippen LogP contribution is 2.27. The zero-order chi connectivity index (χ0) is 24.5. The van der Waals surface area contributed by atoms with Crippen LogP contribution in [0.25, 0.3) is 0 Å². The molecule has 180 valence electrons. The third-order valence-electron chi connectivity index (χ3n) is 4.98. The van der Waals surface area contributed by atoms with Gasteiger partial charge in [0.05, 0.1) is 16.0 Å². The lowest BCUT2D eigenvalue weighted by Crippen LogP contribution is -2.60. The largest absolute Gasteiger partial charge is 0.379 e.